The van der Waals surface area contributed by atoms with Crippen molar-refractivity contribution in [2.45, 2.75) is 32.3 Å². The first-order chi connectivity index (χ1) is 12.1. The highest BCUT2D eigenvalue weighted by Crippen LogP contribution is 2.30. The molecule has 2 aromatic carbocycles. The number of aryl methyl sites for hydroxylation is 1. The van der Waals surface area contributed by atoms with E-state index in [0.29, 0.717) is 12.1 Å². The third kappa shape index (κ3) is 3.77. The minimum Gasteiger partial charge on any atom is -0.507 e. The lowest BCUT2D eigenvalue weighted by Gasteiger charge is -2.32. The predicted molar refractivity (Wildman–Crippen MR) is 99.3 cm³/mol. The van der Waals surface area contributed by atoms with Crippen LogP contribution in [0, 0.1) is 0 Å². The van der Waals surface area contributed by atoms with Gasteiger partial charge in [-0.3, -0.25) is 4.79 Å². The number of piperidine rings is 1. The van der Waals surface area contributed by atoms with Gasteiger partial charge in [-0.15, -0.1) is 0 Å². The fourth-order valence-corrected chi connectivity index (χ4v) is 3.21. The summed E-state index contributed by atoms with van der Waals surface area (Å²) in [4.78, 5) is 14.8. The summed E-state index contributed by atoms with van der Waals surface area (Å²) in [6.07, 6.45) is 1.87. The van der Waals surface area contributed by atoms with Crippen LogP contribution in [0.15, 0.2) is 42.5 Å². The first-order valence-electron chi connectivity index (χ1n) is 8.74. The molecule has 0 spiro atoms. The molecule has 0 aliphatic carbocycles. The lowest BCUT2D eigenvalue weighted by molar-refractivity contribution is 0.102. The molecule has 5 heteroatoms. The summed E-state index contributed by atoms with van der Waals surface area (Å²) in [5, 5.41) is 22.9. The minimum atomic E-state index is -0.322. The molecule has 0 atom stereocenters. The molecule has 0 saturated carbocycles. The summed E-state index contributed by atoms with van der Waals surface area (Å²) in [6, 6.07) is 12.9. The molecule has 0 radical (unpaired) electrons. The van der Waals surface area contributed by atoms with E-state index in [-0.39, 0.29) is 23.3 Å². The number of carbonyl (C=O) groups excluding carboxylic acids is 1. The Labute approximate surface area is 147 Å². The first kappa shape index (κ1) is 17.3. The number of aromatic hydroxyl groups is 1. The van der Waals surface area contributed by atoms with Crippen molar-refractivity contribution in [1.29, 1.82) is 0 Å². The number of para-hydroxylation sites is 3. The van der Waals surface area contributed by atoms with Crippen molar-refractivity contribution in [3.05, 3.63) is 53.6 Å². The molecule has 132 valence electrons. The first-order valence-corrected chi connectivity index (χ1v) is 8.74. The Balaban J connectivity index is 1.83. The molecule has 3 rings (SSSR count). The fraction of sp³-hybridized carbons (Fsp3) is 0.350. The van der Waals surface area contributed by atoms with Crippen LogP contribution in [0.5, 0.6) is 5.75 Å². The molecular formula is C20H24N2O3. The number of aliphatic hydroxyl groups excluding tert-OH is 1. The van der Waals surface area contributed by atoms with E-state index >= 15 is 0 Å². The molecule has 1 heterocycles. The summed E-state index contributed by atoms with van der Waals surface area (Å²) < 4.78 is 0. The van der Waals surface area contributed by atoms with Crippen LogP contribution in [0.25, 0.3) is 0 Å². The van der Waals surface area contributed by atoms with Crippen molar-refractivity contribution in [2.75, 3.05) is 23.3 Å². The molecule has 1 saturated heterocycles. The largest absolute Gasteiger partial charge is 0.507 e. The van der Waals surface area contributed by atoms with Gasteiger partial charge < -0.3 is 20.4 Å². The second-order valence-corrected chi connectivity index (χ2v) is 6.36. The van der Waals surface area contributed by atoms with E-state index in [9.17, 15) is 15.0 Å². The summed E-state index contributed by atoms with van der Waals surface area (Å²) in [5.74, 6) is -0.279. The van der Waals surface area contributed by atoms with E-state index in [2.05, 4.69) is 10.2 Å². The van der Waals surface area contributed by atoms with E-state index < -0.39 is 0 Å². The van der Waals surface area contributed by atoms with Crippen LogP contribution >= 0.6 is 0 Å². The highest BCUT2D eigenvalue weighted by molar-refractivity contribution is 6.07. The van der Waals surface area contributed by atoms with Crippen molar-refractivity contribution in [2.24, 2.45) is 0 Å². The summed E-state index contributed by atoms with van der Waals surface area (Å²) in [5.41, 5.74) is 2.69. The molecule has 2 aromatic rings. The zero-order valence-corrected chi connectivity index (χ0v) is 14.4. The van der Waals surface area contributed by atoms with Gasteiger partial charge in [0.2, 0.25) is 0 Å². The van der Waals surface area contributed by atoms with Crippen molar-refractivity contribution in [3.63, 3.8) is 0 Å². The summed E-state index contributed by atoms with van der Waals surface area (Å²) >= 11 is 0. The molecule has 1 aliphatic rings. The van der Waals surface area contributed by atoms with E-state index in [1.54, 1.807) is 12.1 Å². The van der Waals surface area contributed by atoms with Gasteiger partial charge in [0.05, 0.1) is 23.0 Å². The average Bonchev–Trinajstić information content (AvgIpc) is 2.63. The second kappa shape index (κ2) is 7.57. The van der Waals surface area contributed by atoms with Crippen molar-refractivity contribution in [1.82, 2.24) is 0 Å². The van der Waals surface area contributed by atoms with Crippen LogP contribution in [0.1, 0.15) is 35.7 Å². The minimum absolute atomic E-state index is 0.0427. The number of rotatable bonds is 4. The van der Waals surface area contributed by atoms with Gasteiger partial charge in [0, 0.05) is 13.1 Å². The Morgan fingerprint density at radius 2 is 1.88 bits per heavy atom. The van der Waals surface area contributed by atoms with Crippen molar-refractivity contribution >= 4 is 17.3 Å². The van der Waals surface area contributed by atoms with E-state index in [1.807, 2.05) is 37.3 Å². The molecule has 1 aliphatic heterocycles. The van der Waals surface area contributed by atoms with Gasteiger partial charge in [0.1, 0.15) is 5.75 Å². The zero-order valence-electron chi connectivity index (χ0n) is 14.4. The number of anilines is 2. The number of nitrogens with zero attached hydrogens (tertiary/aromatic N) is 1. The third-order valence-electron chi connectivity index (χ3n) is 4.70. The Morgan fingerprint density at radius 1 is 1.16 bits per heavy atom. The van der Waals surface area contributed by atoms with Crippen LogP contribution < -0.4 is 10.2 Å². The van der Waals surface area contributed by atoms with Gasteiger partial charge in [0.15, 0.2) is 0 Å². The number of nitrogens with one attached hydrogen (secondary N) is 1. The Morgan fingerprint density at radius 3 is 2.60 bits per heavy atom. The van der Waals surface area contributed by atoms with Crippen LogP contribution in [0.3, 0.4) is 0 Å². The summed E-state index contributed by atoms with van der Waals surface area (Å²) in [6.45, 7) is 3.45. The van der Waals surface area contributed by atoms with Gasteiger partial charge in [-0.05, 0) is 43.0 Å². The van der Waals surface area contributed by atoms with Gasteiger partial charge in [-0.1, -0.05) is 31.2 Å². The fourth-order valence-electron chi connectivity index (χ4n) is 3.21. The monoisotopic (exact) mass is 340 g/mol. The number of hydrogen-bond acceptors (Lipinski definition) is 4. The number of hydrogen-bond donors (Lipinski definition) is 3. The summed E-state index contributed by atoms with van der Waals surface area (Å²) in [7, 11) is 0. The van der Waals surface area contributed by atoms with E-state index in [0.717, 1.165) is 37.2 Å². The molecule has 0 aromatic heterocycles. The lowest BCUT2D eigenvalue weighted by Crippen LogP contribution is -2.36. The van der Waals surface area contributed by atoms with Crippen LogP contribution in [-0.4, -0.2) is 35.3 Å². The van der Waals surface area contributed by atoms with Gasteiger partial charge >= 0.3 is 0 Å². The SMILES string of the molecule is CCc1cccc(C(=O)Nc2ccccc2N2CCC(O)CC2)c1O. The lowest BCUT2D eigenvalue weighted by atomic mass is 10.1. The highest BCUT2D eigenvalue weighted by atomic mass is 16.3. The molecular weight excluding hydrogens is 316 g/mol. The normalized spacial score (nSPS) is 15.2. The molecule has 1 amide bonds. The van der Waals surface area contributed by atoms with Gasteiger partial charge in [-0.25, -0.2) is 0 Å². The number of phenols is 1. The number of amides is 1. The maximum Gasteiger partial charge on any atom is 0.259 e. The van der Waals surface area contributed by atoms with Crippen LogP contribution in [0.2, 0.25) is 0 Å². The quantitative estimate of drug-likeness (QED) is 0.799. The molecule has 0 bridgehead atoms. The third-order valence-corrected chi connectivity index (χ3v) is 4.70. The Kier molecular flexibility index (Phi) is 5.24. The number of benzene rings is 2. The maximum atomic E-state index is 12.7. The Bertz CT molecular complexity index is 752. The molecule has 3 N–H and O–H groups in total. The van der Waals surface area contributed by atoms with E-state index in [1.165, 1.54) is 0 Å². The zero-order chi connectivity index (χ0) is 17.8. The van der Waals surface area contributed by atoms with Gasteiger partial charge in [-0.2, -0.15) is 0 Å². The highest BCUT2D eigenvalue weighted by Gasteiger charge is 2.21. The standard InChI is InChI=1S/C20H24N2O3/c1-2-14-6-5-7-16(19(14)24)20(25)21-17-8-3-4-9-18(17)22-12-10-15(23)11-13-22/h3-9,15,23-24H,2,10-13H2,1H3,(H,21,25). The second-order valence-electron chi connectivity index (χ2n) is 6.36. The smallest absolute Gasteiger partial charge is 0.259 e. The number of carbonyl (C=O) groups is 1. The molecule has 25 heavy (non-hydrogen) atoms. The molecule has 1 fully saturated rings. The predicted octanol–water partition coefficient (Wildman–Crippen LogP) is 3.17. The van der Waals surface area contributed by atoms with E-state index in [4.69, 9.17) is 0 Å². The average molecular weight is 340 g/mol. The van der Waals surface area contributed by atoms with Gasteiger partial charge in [0.25, 0.3) is 5.91 Å². The Hall–Kier alpha value is -2.53. The topological polar surface area (TPSA) is 72.8 Å². The number of aliphatic hydroxyl groups is 1. The van der Waals surface area contributed by atoms with Crippen LogP contribution in [0.4, 0.5) is 11.4 Å². The molecule has 5 nitrogen and oxygen atoms in total. The maximum absolute atomic E-state index is 12.7. The number of phenolic OH excluding ortho intramolecular Hbond substituents is 1. The van der Waals surface area contributed by atoms with Crippen molar-refractivity contribution in [3.8, 4) is 5.75 Å². The molecule has 0 unspecified atom stereocenters. The van der Waals surface area contributed by atoms with Crippen molar-refractivity contribution < 1.29 is 15.0 Å². The van der Waals surface area contributed by atoms with Crippen LogP contribution in [-0.2, 0) is 6.42 Å².